The number of carbonyl (C=O) groups excluding carboxylic acids is 2. The number of benzene rings is 1. The second-order valence-corrected chi connectivity index (χ2v) is 5.34. The van der Waals surface area contributed by atoms with E-state index in [1.54, 1.807) is 0 Å². The van der Waals surface area contributed by atoms with Gasteiger partial charge in [-0.3, -0.25) is 9.69 Å². The number of rotatable bonds is 6. The van der Waals surface area contributed by atoms with Gasteiger partial charge in [-0.05, 0) is 37.9 Å². The highest BCUT2D eigenvalue weighted by molar-refractivity contribution is 5.78. The second-order valence-electron chi connectivity index (χ2n) is 5.34. The Hall–Kier alpha value is -1.68. The van der Waals surface area contributed by atoms with Crippen molar-refractivity contribution < 1.29 is 9.59 Å². The molecule has 4 nitrogen and oxygen atoms in total. The van der Waals surface area contributed by atoms with Crippen LogP contribution in [0.1, 0.15) is 18.4 Å². The van der Waals surface area contributed by atoms with E-state index in [0.717, 1.165) is 38.6 Å². The van der Waals surface area contributed by atoms with Crippen LogP contribution in [0.2, 0.25) is 0 Å². The summed E-state index contributed by atoms with van der Waals surface area (Å²) in [6.07, 6.45) is 3.65. The largest absolute Gasteiger partial charge is 0.355 e. The van der Waals surface area contributed by atoms with Gasteiger partial charge in [0.05, 0.1) is 6.54 Å². The molecule has 1 aliphatic rings. The molecule has 1 heterocycles. The van der Waals surface area contributed by atoms with E-state index in [9.17, 15) is 9.59 Å². The maximum absolute atomic E-state index is 11.8. The fraction of sp³-hybridized carbons (Fsp3) is 0.500. The summed E-state index contributed by atoms with van der Waals surface area (Å²) in [7, 11) is 0. The number of hydrogen-bond acceptors (Lipinski definition) is 3. The molecular formula is C16H22N2O2. The van der Waals surface area contributed by atoms with Crippen LogP contribution in [0.4, 0.5) is 0 Å². The maximum Gasteiger partial charge on any atom is 0.234 e. The van der Waals surface area contributed by atoms with Crippen LogP contribution >= 0.6 is 0 Å². The van der Waals surface area contributed by atoms with Crippen molar-refractivity contribution in [1.29, 1.82) is 0 Å². The molecule has 0 aliphatic carbocycles. The van der Waals surface area contributed by atoms with Crippen molar-refractivity contribution in [2.24, 2.45) is 5.92 Å². The van der Waals surface area contributed by atoms with E-state index in [0.29, 0.717) is 13.1 Å². The lowest BCUT2D eigenvalue weighted by molar-refractivity contribution is -0.122. The molecule has 2 rings (SSSR count). The summed E-state index contributed by atoms with van der Waals surface area (Å²) in [6.45, 7) is 2.80. The summed E-state index contributed by atoms with van der Waals surface area (Å²) in [5, 5.41) is 2.95. The average Bonchev–Trinajstić information content (AvgIpc) is 2.49. The van der Waals surface area contributed by atoms with Crippen LogP contribution in [-0.2, 0) is 16.0 Å². The molecule has 1 saturated heterocycles. The number of nitrogens with one attached hydrogen (secondary N) is 1. The predicted octanol–water partition coefficient (Wildman–Crippen LogP) is 1.26. The average molecular weight is 274 g/mol. The molecular weight excluding hydrogens is 252 g/mol. The quantitative estimate of drug-likeness (QED) is 0.794. The van der Waals surface area contributed by atoms with E-state index < -0.39 is 0 Å². The summed E-state index contributed by atoms with van der Waals surface area (Å²) in [4.78, 5) is 24.6. The molecule has 1 N–H and O–H groups in total. The topological polar surface area (TPSA) is 49.4 Å². The molecule has 0 bridgehead atoms. The number of likely N-dealkylation sites (tertiary alicyclic amines) is 1. The lowest BCUT2D eigenvalue weighted by Crippen LogP contribution is -2.42. The van der Waals surface area contributed by atoms with Crippen LogP contribution in [0.5, 0.6) is 0 Å². The molecule has 0 spiro atoms. The molecule has 1 fully saturated rings. The van der Waals surface area contributed by atoms with E-state index in [1.807, 2.05) is 18.2 Å². The Labute approximate surface area is 120 Å². The van der Waals surface area contributed by atoms with Crippen molar-refractivity contribution in [3.05, 3.63) is 35.9 Å². The van der Waals surface area contributed by atoms with Crippen molar-refractivity contribution in [3.63, 3.8) is 0 Å². The minimum Gasteiger partial charge on any atom is -0.355 e. The van der Waals surface area contributed by atoms with Gasteiger partial charge in [0, 0.05) is 12.5 Å². The lowest BCUT2D eigenvalue weighted by atomic mass is 9.99. The lowest BCUT2D eigenvalue weighted by Gasteiger charge is -2.28. The molecule has 0 radical (unpaired) electrons. The number of aldehydes is 1. The van der Waals surface area contributed by atoms with Crippen molar-refractivity contribution in [2.45, 2.75) is 19.3 Å². The van der Waals surface area contributed by atoms with Crippen LogP contribution in [0.25, 0.3) is 0 Å². The smallest absolute Gasteiger partial charge is 0.234 e. The SMILES string of the molecule is O=CC1CCN(CC(=O)NCCc2ccccc2)CC1. The van der Waals surface area contributed by atoms with Gasteiger partial charge < -0.3 is 10.1 Å². The Morgan fingerprint density at radius 3 is 2.60 bits per heavy atom. The Morgan fingerprint density at radius 1 is 1.25 bits per heavy atom. The van der Waals surface area contributed by atoms with Gasteiger partial charge in [-0.2, -0.15) is 0 Å². The standard InChI is InChI=1S/C16H22N2O2/c19-13-15-7-10-18(11-8-15)12-16(20)17-9-6-14-4-2-1-3-5-14/h1-5,13,15H,6-12H2,(H,17,20). The third kappa shape index (κ3) is 4.78. The first-order chi connectivity index (χ1) is 9.78. The summed E-state index contributed by atoms with van der Waals surface area (Å²) < 4.78 is 0. The predicted molar refractivity (Wildman–Crippen MR) is 78.4 cm³/mol. The second kappa shape index (κ2) is 7.80. The molecule has 1 aromatic rings. The Bertz CT molecular complexity index is 425. The van der Waals surface area contributed by atoms with Crippen LogP contribution in [0, 0.1) is 5.92 Å². The maximum atomic E-state index is 11.8. The summed E-state index contributed by atoms with van der Waals surface area (Å²) in [5.41, 5.74) is 1.24. The third-order valence-electron chi connectivity index (χ3n) is 3.77. The van der Waals surface area contributed by atoms with Crippen molar-refractivity contribution in [1.82, 2.24) is 10.2 Å². The number of piperidine rings is 1. The fourth-order valence-corrected chi connectivity index (χ4v) is 2.50. The van der Waals surface area contributed by atoms with Crippen LogP contribution in [0.3, 0.4) is 0 Å². The van der Waals surface area contributed by atoms with Gasteiger partial charge in [-0.1, -0.05) is 30.3 Å². The van der Waals surface area contributed by atoms with Crippen LogP contribution < -0.4 is 5.32 Å². The van der Waals surface area contributed by atoms with E-state index in [4.69, 9.17) is 0 Å². The minimum absolute atomic E-state index is 0.0745. The van der Waals surface area contributed by atoms with E-state index in [-0.39, 0.29) is 11.8 Å². The molecule has 0 saturated carbocycles. The summed E-state index contributed by atoms with van der Waals surface area (Å²) >= 11 is 0. The fourth-order valence-electron chi connectivity index (χ4n) is 2.50. The number of amides is 1. The summed E-state index contributed by atoms with van der Waals surface area (Å²) in [6, 6.07) is 10.1. The van der Waals surface area contributed by atoms with Crippen molar-refractivity contribution >= 4 is 12.2 Å². The molecule has 0 atom stereocenters. The third-order valence-corrected chi connectivity index (χ3v) is 3.77. The van der Waals surface area contributed by atoms with Gasteiger partial charge in [0.25, 0.3) is 0 Å². The Kier molecular flexibility index (Phi) is 5.74. The molecule has 20 heavy (non-hydrogen) atoms. The molecule has 0 aromatic heterocycles. The minimum atomic E-state index is 0.0745. The van der Waals surface area contributed by atoms with Gasteiger partial charge in [0.15, 0.2) is 0 Å². The zero-order valence-corrected chi connectivity index (χ0v) is 11.8. The van der Waals surface area contributed by atoms with E-state index in [2.05, 4.69) is 22.3 Å². The molecule has 1 amide bonds. The molecule has 0 unspecified atom stereocenters. The van der Waals surface area contributed by atoms with Crippen LogP contribution in [-0.4, -0.2) is 43.3 Å². The molecule has 108 valence electrons. The molecule has 1 aromatic carbocycles. The number of carbonyl (C=O) groups is 2. The Balaban J connectivity index is 1.62. The zero-order chi connectivity index (χ0) is 14.2. The first-order valence-electron chi connectivity index (χ1n) is 7.26. The first-order valence-corrected chi connectivity index (χ1v) is 7.26. The van der Waals surface area contributed by atoms with Gasteiger partial charge in [0.2, 0.25) is 5.91 Å². The van der Waals surface area contributed by atoms with E-state index in [1.165, 1.54) is 5.56 Å². The number of nitrogens with zero attached hydrogens (tertiary/aromatic N) is 1. The van der Waals surface area contributed by atoms with Crippen molar-refractivity contribution in [2.75, 3.05) is 26.2 Å². The van der Waals surface area contributed by atoms with Crippen LogP contribution in [0.15, 0.2) is 30.3 Å². The van der Waals surface area contributed by atoms with Crippen molar-refractivity contribution in [3.8, 4) is 0 Å². The highest BCUT2D eigenvalue weighted by atomic mass is 16.2. The van der Waals surface area contributed by atoms with Gasteiger partial charge in [-0.25, -0.2) is 0 Å². The zero-order valence-electron chi connectivity index (χ0n) is 11.8. The summed E-state index contributed by atoms with van der Waals surface area (Å²) in [5.74, 6) is 0.262. The first kappa shape index (κ1) is 14.7. The molecule has 4 heteroatoms. The highest BCUT2D eigenvalue weighted by Crippen LogP contribution is 2.14. The molecule has 1 aliphatic heterocycles. The highest BCUT2D eigenvalue weighted by Gasteiger charge is 2.19. The van der Waals surface area contributed by atoms with E-state index >= 15 is 0 Å². The van der Waals surface area contributed by atoms with Gasteiger partial charge in [0.1, 0.15) is 6.29 Å². The van der Waals surface area contributed by atoms with Gasteiger partial charge >= 0.3 is 0 Å². The van der Waals surface area contributed by atoms with Gasteiger partial charge in [-0.15, -0.1) is 0 Å². The number of hydrogen-bond donors (Lipinski definition) is 1. The Morgan fingerprint density at radius 2 is 1.95 bits per heavy atom. The normalized spacial score (nSPS) is 16.8. The monoisotopic (exact) mass is 274 g/mol.